The Balaban J connectivity index is 1.81. The highest BCUT2D eigenvalue weighted by Gasteiger charge is 2.29. The Morgan fingerprint density at radius 1 is 1.19 bits per heavy atom. The second kappa shape index (κ2) is 8.50. The van der Waals surface area contributed by atoms with Crippen molar-refractivity contribution in [2.75, 3.05) is 26.2 Å². The fourth-order valence-corrected chi connectivity index (χ4v) is 2.30. The smallest absolute Gasteiger partial charge is 0.354 e. The zero-order valence-electron chi connectivity index (χ0n) is 13.8. The quantitative estimate of drug-likeness (QED) is 0.783. The topological polar surface area (TPSA) is 78.5 Å². The molecule has 6 nitrogen and oxygen atoms in total. The SMILES string of the molecule is O=C(/C=C/c1ccc(C(F)(F)F)cc1)NCC(=O)N1CCNC(=O)CC1. The summed E-state index contributed by atoms with van der Waals surface area (Å²) < 4.78 is 37.4. The van der Waals surface area contributed by atoms with E-state index in [2.05, 4.69) is 10.6 Å². The van der Waals surface area contributed by atoms with Crippen LogP contribution in [0.15, 0.2) is 30.3 Å². The minimum absolute atomic E-state index is 0.121. The third-order valence-electron chi connectivity index (χ3n) is 3.74. The number of hydrogen-bond acceptors (Lipinski definition) is 3. The molecular formula is C17H18F3N3O3. The first-order valence-electron chi connectivity index (χ1n) is 7.93. The first-order valence-corrected chi connectivity index (χ1v) is 7.93. The zero-order chi connectivity index (χ0) is 19.2. The molecule has 1 aliphatic rings. The monoisotopic (exact) mass is 369 g/mol. The Bertz CT molecular complexity index is 699. The number of carbonyl (C=O) groups excluding carboxylic acids is 3. The standard InChI is InChI=1S/C17H18F3N3O3/c18-17(19,20)13-4-1-12(2-5-13)3-6-14(24)22-11-16(26)23-9-7-15(25)21-8-10-23/h1-6H,7-11H2,(H,21,25)(H,22,24)/b6-3+. The summed E-state index contributed by atoms with van der Waals surface area (Å²) in [5.41, 5.74) is -0.341. The molecule has 0 saturated carbocycles. The van der Waals surface area contributed by atoms with Crippen LogP contribution in [0.4, 0.5) is 13.2 Å². The first kappa shape index (κ1) is 19.5. The Kier molecular flexibility index (Phi) is 6.37. The molecule has 26 heavy (non-hydrogen) atoms. The molecule has 1 aromatic carbocycles. The van der Waals surface area contributed by atoms with Crippen LogP contribution in [-0.2, 0) is 20.6 Å². The summed E-state index contributed by atoms with van der Waals surface area (Å²) in [5.74, 6) is -0.969. The van der Waals surface area contributed by atoms with E-state index in [1.165, 1.54) is 23.1 Å². The molecule has 0 aromatic heterocycles. The van der Waals surface area contributed by atoms with Crippen molar-refractivity contribution in [3.05, 3.63) is 41.5 Å². The minimum atomic E-state index is -4.41. The third kappa shape index (κ3) is 5.91. The number of nitrogens with one attached hydrogen (secondary N) is 2. The van der Waals surface area contributed by atoms with E-state index in [0.717, 1.165) is 18.2 Å². The Morgan fingerprint density at radius 3 is 2.54 bits per heavy atom. The van der Waals surface area contributed by atoms with Gasteiger partial charge in [-0.3, -0.25) is 14.4 Å². The van der Waals surface area contributed by atoms with Gasteiger partial charge >= 0.3 is 6.18 Å². The Hall–Kier alpha value is -2.84. The molecule has 0 atom stereocenters. The van der Waals surface area contributed by atoms with E-state index in [1.807, 2.05) is 0 Å². The van der Waals surface area contributed by atoms with E-state index in [1.54, 1.807) is 0 Å². The average Bonchev–Trinajstić information content (AvgIpc) is 2.82. The van der Waals surface area contributed by atoms with Gasteiger partial charge in [0.15, 0.2) is 0 Å². The van der Waals surface area contributed by atoms with Crippen molar-refractivity contribution in [1.82, 2.24) is 15.5 Å². The second-order valence-electron chi connectivity index (χ2n) is 5.65. The number of alkyl halides is 3. The van der Waals surface area contributed by atoms with Crippen LogP contribution in [0.1, 0.15) is 17.5 Å². The molecule has 2 rings (SSSR count). The molecule has 0 aliphatic carbocycles. The first-order chi connectivity index (χ1) is 12.3. The molecule has 140 valence electrons. The highest BCUT2D eigenvalue weighted by atomic mass is 19.4. The van der Waals surface area contributed by atoms with Gasteiger partial charge < -0.3 is 15.5 Å². The molecule has 0 radical (unpaired) electrons. The van der Waals surface area contributed by atoms with Gasteiger partial charge in [-0.1, -0.05) is 12.1 Å². The summed E-state index contributed by atoms with van der Waals surface area (Å²) in [6, 6.07) is 4.35. The molecule has 1 aliphatic heterocycles. The van der Waals surface area contributed by atoms with Crippen LogP contribution in [0.3, 0.4) is 0 Å². The maximum atomic E-state index is 12.5. The van der Waals surface area contributed by atoms with Crippen LogP contribution in [0.2, 0.25) is 0 Å². The molecule has 1 saturated heterocycles. The Morgan fingerprint density at radius 2 is 1.88 bits per heavy atom. The highest BCUT2D eigenvalue weighted by Crippen LogP contribution is 2.29. The van der Waals surface area contributed by atoms with Gasteiger partial charge in [0.2, 0.25) is 17.7 Å². The number of hydrogen-bond donors (Lipinski definition) is 2. The predicted molar refractivity (Wildman–Crippen MR) is 87.7 cm³/mol. The molecule has 0 spiro atoms. The van der Waals surface area contributed by atoms with E-state index in [9.17, 15) is 27.6 Å². The van der Waals surface area contributed by atoms with Crippen molar-refractivity contribution >= 4 is 23.8 Å². The van der Waals surface area contributed by atoms with Crippen molar-refractivity contribution in [2.45, 2.75) is 12.6 Å². The molecule has 3 amide bonds. The lowest BCUT2D eigenvalue weighted by Gasteiger charge is -2.19. The molecular weight excluding hydrogens is 351 g/mol. The number of halogens is 3. The lowest BCUT2D eigenvalue weighted by Crippen LogP contribution is -2.41. The minimum Gasteiger partial charge on any atom is -0.354 e. The van der Waals surface area contributed by atoms with Gasteiger partial charge in [0.05, 0.1) is 12.1 Å². The molecule has 0 bridgehead atoms. The maximum absolute atomic E-state index is 12.5. The van der Waals surface area contributed by atoms with Crippen molar-refractivity contribution in [1.29, 1.82) is 0 Å². The number of carbonyl (C=O) groups is 3. The summed E-state index contributed by atoms with van der Waals surface area (Å²) in [6.07, 6.45) is -1.70. The van der Waals surface area contributed by atoms with Crippen LogP contribution in [0.25, 0.3) is 6.08 Å². The summed E-state index contributed by atoms with van der Waals surface area (Å²) in [7, 11) is 0. The number of nitrogens with zero attached hydrogens (tertiary/aromatic N) is 1. The molecule has 9 heteroatoms. The zero-order valence-corrected chi connectivity index (χ0v) is 13.8. The molecule has 0 unspecified atom stereocenters. The van der Waals surface area contributed by atoms with E-state index in [-0.39, 0.29) is 24.8 Å². The van der Waals surface area contributed by atoms with Crippen LogP contribution < -0.4 is 10.6 Å². The normalized spacial score (nSPS) is 15.5. The van der Waals surface area contributed by atoms with Gasteiger partial charge in [-0.05, 0) is 23.8 Å². The molecule has 1 heterocycles. The van der Waals surface area contributed by atoms with Crippen molar-refractivity contribution < 1.29 is 27.6 Å². The summed E-state index contributed by atoms with van der Waals surface area (Å²) in [6.45, 7) is 0.820. The summed E-state index contributed by atoms with van der Waals surface area (Å²) >= 11 is 0. The lowest BCUT2D eigenvalue weighted by molar-refractivity contribution is -0.137. The highest BCUT2D eigenvalue weighted by molar-refractivity contribution is 5.94. The van der Waals surface area contributed by atoms with Crippen LogP contribution >= 0.6 is 0 Å². The third-order valence-corrected chi connectivity index (χ3v) is 3.74. The fraction of sp³-hybridized carbons (Fsp3) is 0.353. The number of benzene rings is 1. The van der Waals surface area contributed by atoms with Gasteiger partial charge in [0, 0.05) is 32.1 Å². The van der Waals surface area contributed by atoms with Gasteiger partial charge in [0.25, 0.3) is 0 Å². The second-order valence-corrected chi connectivity index (χ2v) is 5.65. The summed E-state index contributed by atoms with van der Waals surface area (Å²) in [4.78, 5) is 36.5. The van der Waals surface area contributed by atoms with Crippen molar-refractivity contribution in [3.8, 4) is 0 Å². The van der Waals surface area contributed by atoms with Gasteiger partial charge in [-0.2, -0.15) is 13.2 Å². The van der Waals surface area contributed by atoms with Crippen LogP contribution in [-0.4, -0.2) is 48.8 Å². The molecule has 2 N–H and O–H groups in total. The van der Waals surface area contributed by atoms with E-state index in [4.69, 9.17) is 0 Å². The summed E-state index contributed by atoms with van der Waals surface area (Å²) in [5, 5.41) is 5.06. The van der Waals surface area contributed by atoms with Gasteiger partial charge in [0.1, 0.15) is 0 Å². The van der Waals surface area contributed by atoms with Gasteiger partial charge in [-0.25, -0.2) is 0 Å². The average molecular weight is 369 g/mol. The predicted octanol–water partition coefficient (Wildman–Crippen LogP) is 1.18. The Labute approximate surface area is 148 Å². The maximum Gasteiger partial charge on any atom is 0.416 e. The van der Waals surface area contributed by atoms with Crippen molar-refractivity contribution in [2.24, 2.45) is 0 Å². The van der Waals surface area contributed by atoms with E-state index < -0.39 is 17.6 Å². The number of rotatable bonds is 4. The van der Waals surface area contributed by atoms with Gasteiger partial charge in [-0.15, -0.1) is 0 Å². The van der Waals surface area contributed by atoms with Crippen molar-refractivity contribution in [3.63, 3.8) is 0 Å². The van der Waals surface area contributed by atoms with Crippen LogP contribution in [0.5, 0.6) is 0 Å². The number of amides is 3. The van der Waals surface area contributed by atoms with Crippen LogP contribution in [0, 0.1) is 0 Å². The molecule has 1 fully saturated rings. The fourth-order valence-electron chi connectivity index (χ4n) is 2.30. The lowest BCUT2D eigenvalue weighted by atomic mass is 10.1. The van der Waals surface area contributed by atoms with E-state index in [0.29, 0.717) is 25.2 Å². The largest absolute Gasteiger partial charge is 0.416 e. The molecule has 1 aromatic rings. The van der Waals surface area contributed by atoms with E-state index >= 15 is 0 Å².